The van der Waals surface area contributed by atoms with E-state index in [1.807, 2.05) is 0 Å². The number of halogens is 1. The Balaban J connectivity index is 0.00000312. The SMILES string of the molecule is COc1ccc(S(=O)(=O)N2CCN(C(=O)C(C)C(C)N)CC2)cc1.Cl. The number of benzene rings is 1. The van der Waals surface area contributed by atoms with Crippen molar-refractivity contribution in [3.63, 3.8) is 0 Å². The summed E-state index contributed by atoms with van der Waals surface area (Å²) < 4.78 is 31.8. The average molecular weight is 392 g/mol. The molecule has 1 fully saturated rings. The number of methoxy groups -OCH3 is 1. The molecular formula is C16H26ClN3O4S. The molecule has 25 heavy (non-hydrogen) atoms. The van der Waals surface area contributed by atoms with E-state index in [9.17, 15) is 13.2 Å². The van der Waals surface area contributed by atoms with Gasteiger partial charge in [0.05, 0.1) is 17.9 Å². The van der Waals surface area contributed by atoms with E-state index in [1.54, 1.807) is 30.9 Å². The van der Waals surface area contributed by atoms with Gasteiger partial charge in [0.25, 0.3) is 0 Å². The Kier molecular flexibility index (Phi) is 7.67. The third kappa shape index (κ3) is 4.84. The Labute approximate surface area is 155 Å². The van der Waals surface area contributed by atoms with Crippen molar-refractivity contribution >= 4 is 28.3 Å². The van der Waals surface area contributed by atoms with Gasteiger partial charge in [0, 0.05) is 32.2 Å². The Bertz CT molecular complexity index is 671. The Morgan fingerprint density at radius 3 is 2.08 bits per heavy atom. The summed E-state index contributed by atoms with van der Waals surface area (Å²) in [7, 11) is -2.03. The van der Waals surface area contributed by atoms with Gasteiger partial charge < -0.3 is 15.4 Å². The van der Waals surface area contributed by atoms with E-state index >= 15 is 0 Å². The zero-order valence-corrected chi connectivity index (χ0v) is 16.3. The molecule has 1 aromatic carbocycles. The number of hydrogen-bond acceptors (Lipinski definition) is 5. The molecule has 0 radical (unpaired) electrons. The summed E-state index contributed by atoms with van der Waals surface area (Å²) in [6.45, 7) is 4.93. The van der Waals surface area contributed by atoms with Crippen LogP contribution in [-0.2, 0) is 14.8 Å². The maximum Gasteiger partial charge on any atom is 0.243 e. The molecule has 2 N–H and O–H groups in total. The average Bonchev–Trinajstić information content (AvgIpc) is 2.60. The van der Waals surface area contributed by atoms with Crippen LogP contribution in [0.2, 0.25) is 0 Å². The monoisotopic (exact) mass is 391 g/mol. The summed E-state index contributed by atoms with van der Waals surface area (Å²) >= 11 is 0. The van der Waals surface area contributed by atoms with Crippen molar-refractivity contribution in [3.8, 4) is 5.75 Å². The van der Waals surface area contributed by atoms with Crippen LogP contribution >= 0.6 is 12.4 Å². The Hall–Kier alpha value is -1.35. The first-order chi connectivity index (χ1) is 11.3. The van der Waals surface area contributed by atoms with Gasteiger partial charge in [0.2, 0.25) is 15.9 Å². The number of sulfonamides is 1. The van der Waals surface area contributed by atoms with Crippen LogP contribution in [0.25, 0.3) is 0 Å². The van der Waals surface area contributed by atoms with Gasteiger partial charge in [-0.25, -0.2) is 8.42 Å². The van der Waals surface area contributed by atoms with Crippen molar-refractivity contribution in [2.75, 3.05) is 33.3 Å². The minimum absolute atomic E-state index is 0. The summed E-state index contributed by atoms with van der Waals surface area (Å²) in [5, 5.41) is 0. The first kappa shape index (κ1) is 21.7. The number of nitrogens with two attached hydrogens (primary N) is 1. The highest BCUT2D eigenvalue weighted by molar-refractivity contribution is 7.89. The predicted octanol–water partition coefficient (Wildman–Crippen LogP) is 0.933. The van der Waals surface area contributed by atoms with Gasteiger partial charge in [0.15, 0.2) is 0 Å². The minimum atomic E-state index is -3.56. The molecule has 1 saturated heterocycles. The van der Waals surface area contributed by atoms with Crippen LogP contribution in [0.3, 0.4) is 0 Å². The number of carbonyl (C=O) groups is 1. The number of rotatable bonds is 5. The number of nitrogens with zero attached hydrogens (tertiary/aromatic N) is 2. The van der Waals surface area contributed by atoms with Crippen LogP contribution in [0, 0.1) is 5.92 Å². The number of carbonyl (C=O) groups excluding carboxylic acids is 1. The number of hydrogen-bond donors (Lipinski definition) is 1. The van der Waals surface area contributed by atoms with E-state index in [4.69, 9.17) is 10.5 Å². The van der Waals surface area contributed by atoms with Gasteiger partial charge in [-0.2, -0.15) is 4.31 Å². The van der Waals surface area contributed by atoms with Crippen molar-refractivity contribution < 1.29 is 17.9 Å². The van der Waals surface area contributed by atoms with Crippen molar-refractivity contribution in [1.82, 2.24) is 9.21 Å². The molecule has 2 rings (SSSR count). The van der Waals surface area contributed by atoms with Crippen molar-refractivity contribution in [1.29, 1.82) is 0 Å². The van der Waals surface area contributed by atoms with Crippen molar-refractivity contribution in [2.24, 2.45) is 11.7 Å². The molecule has 1 aromatic rings. The smallest absolute Gasteiger partial charge is 0.243 e. The van der Waals surface area contributed by atoms with Gasteiger partial charge in [-0.05, 0) is 31.2 Å². The molecule has 142 valence electrons. The molecule has 0 aliphatic carbocycles. The first-order valence-electron chi connectivity index (χ1n) is 7.96. The number of ether oxygens (including phenoxy) is 1. The lowest BCUT2D eigenvalue weighted by Gasteiger charge is -2.35. The van der Waals surface area contributed by atoms with Crippen molar-refractivity contribution in [2.45, 2.75) is 24.8 Å². The molecule has 0 spiro atoms. The zero-order chi connectivity index (χ0) is 17.9. The molecule has 2 unspecified atom stereocenters. The normalized spacial score (nSPS) is 18.2. The van der Waals surface area contributed by atoms with Crippen LogP contribution in [0.5, 0.6) is 5.75 Å². The molecule has 0 bridgehead atoms. The summed E-state index contributed by atoms with van der Waals surface area (Å²) in [6, 6.07) is 6.08. The summed E-state index contributed by atoms with van der Waals surface area (Å²) in [5.74, 6) is 0.315. The van der Waals surface area contributed by atoms with E-state index in [2.05, 4.69) is 0 Å². The fourth-order valence-corrected chi connectivity index (χ4v) is 3.98. The molecule has 1 aliphatic heterocycles. The van der Waals surface area contributed by atoms with Crippen LogP contribution in [-0.4, -0.2) is 62.9 Å². The molecule has 2 atom stereocenters. The summed E-state index contributed by atoms with van der Waals surface area (Å²) in [4.78, 5) is 14.2. The Morgan fingerprint density at radius 1 is 1.12 bits per heavy atom. The minimum Gasteiger partial charge on any atom is -0.497 e. The van der Waals surface area contributed by atoms with E-state index in [0.717, 1.165) is 0 Å². The molecular weight excluding hydrogens is 366 g/mol. The topological polar surface area (TPSA) is 92.9 Å². The molecule has 9 heteroatoms. The molecule has 1 aliphatic rings. The molecule has 7 nitrogen and oxygen atoms in total. The van der Waals surface area contributed by atoms with Gasteiger partial charge in [0.1, 0.15) is 5.75 Å². The van der Waals surface area contributed by atoms with Crippen LogP contribution in [0.1, 0.15) is 13.8 Å². The maximum atomic E-state index is 12.7. The lowest BCUT2D eigenvalue weighted by molar-refractivity contribution is -0.136. The standard InChI is InChI=1S/C16H25N3O4S.ClH/c1-12(13(2)17)16(20)18-8-10-19(11-9-18)24(21,22)15-6-4-14(23-3)5-7-15;/h4-7,12-13H,8-11,17H2,1-3H3;1H. The second-order valence-electron chi connectivity index (χ2n) is 6.05. The molecule has 0 aromatic heterocycles. The van der Waals surface area contributed by atoms with Gasteiger partial charge in [-0.3, -0.25) is 4.79 Å². The Morgan fingerprint density at radius 2 is 1.64 bits per heavy atom. The van der Waals surface area contributed by atoms with Crippen molar-refractivity contribution in [3.05, 3.63) is 24.3 Å². The third-order valence-corrected chi connectivity index (χ3v) is 6.34. The van der Waals surface area contributed by atoms with E-state index in [1.165, 1.54) is 23.5 Å². The number of amides is 1. The highest BCUT2D eigenvalue weighted by Crippen LogP contribution is 2.21. The van der Waals surface area contributed by atoms with Gasteiger partial charge in [-0.1, -0.05) is 6.92 Å². The lowest BCUT2D eigenvalue weighted by atomic mass is 10.0. The second kappa shape index (κ2) is 8.84. The predicted molar refractivity (Wildman–Crippen MR) is 98.4 cm³/mol. The summed E-state index contributed by atoms with van der Waals surface area (Å²) in [6.07, 6.45) is 0. The third-order valence-electron chi connectivity index (χ3n) is 4.43. The molecule has 1 amide bonds. The van der Waals surface area contributed by atoms with Crippen LogP contribution < -0.4 is 10.5 Å². The van der Waals surface area contributed by atoms with E-state index < -0.39 is 10.0 Å². The number of piperazine rings is 1. The lowest BCUT2D eigenvalue weighted by Crippen LogP contribution is -2.53. The van der Waals surface area contributed by atoms with E-state index in [0.29, 0.717) is 18.8 Å². The quantitative estimate of drug-likeness (QED) is 0.806. The zero-order valence-electron chi connectivity index (χ0n) is 14.7. The molecule has 1 heterocycles. The summed E-state index contributed by atoms with van der Waals surface area (Å²) in [5.41, 5.74) is 5.78. The van der Waals surface area contributed by atoms with Crippen LogP contribution in [0.15, 0.2) is 29.2 Å². The fraction of sp³-hybridized carbons (Fsp3) is 0.562. The highest BCUT2D eigenvalue weighted by atomic mass is 35.5. The van der Waals surface area contributed by atoms with Gasteiger partial charge in [-0.15, -0.1) is 12.4 Å². The first-order valence-corrected chi connectivity index (χ1v) is 9.40. The van der Waals surface area contributed by atoms with Gasteiger partial charge >= 0.3 is 0 Å². The fourth-order valence-electron chi connectivity index (χ4n) is 2.56. The maximum absolute atomic E-state index is 12.7. The second-order valence-corrected chi connectivity index (χ2v) is 7.99. The van der Waals surface area contributed by atoms with E-state index in [-0.39, 0.29) is 48.3 Å². The molecule has 0 saturated carbocycles. The largest absolute Gasteiger partial charge is 0.497 e. The van der Waals surface area contributed by atoms with Crippen LogP contribution in [0.4, 0.5) is 0 Å². The highest BCUT2D eigenvalue weighted by Gasteiger charge is 2.32.